The predicted molar refractivity (Wildman–Crippen MR) is 191 cm³/mol. The SMILES string of the molecule is COCc1nc(CN2CCN(C(C(=O)N[C@@H](Cc3ccccc3)[C@H](O)CN(CC(C)C)S(=O)(=O)c3ccc(/C=N/O)cc3)C(C)C)C2=O)cs1. The standard InChI is InChI=1S/C35H48N6O7S2/c1-24(2)19-40(50(46,47)29-13-11-27(12-14-29)18-36-45)21-31(42)30(17-26-9-7-6-8-10-26)38-34(43)33(25(3)4)41-16-15-39(35(41)44)20-28-23-49-32(37-28)22-48-5/h6-14,18,23-25,30-31,33,42,45H,15-17,19-22H2,1-5H3,(H,38,43)/b36-18+/t30-,31+,33?/m0/s1. The Balaban J connectivity index is 1.55. The number of urea groups is 1. The highest BCUT2D eigenvalue weighted by molar-refractivity contribution is 7.89. The van der Waals surface area contributed by atoms with Gasteiger partial charge in [0.05, 0.1) is 42.1 Å². The van der Waals surface area contributed by atoms with Gasteiger partial charge < -0.3 is 30.2 Å². The number of aromatic nitrogens is 1. The smallest absolute Gasteiger partial charge is 0.321 e. The Morgan fingerprint density at radius 2 is 1.80 bits per heavy atom. The molecule has 0 radical (unpaired) electrons. The number of hydrogen-bond acceptors (Lipinski definition) is 10. The maximum absolute atomic E-state index is 14.1. The molecule has 1 saturated heterocycles. The van der Waals surface area contributed by atoms with Gasteiger partial charge in [-0.3, -0.25) is 4.79 Å². The number of methoxy groups -OCH3 is 1. The fraction of sp³-hybridized carbons (Fsp3) is 0.486. The first-order valence-corrected chi connectivity index (χ1v) is 18.9. The molecule has 1 fully saturated rings. The second-order valence-corrected chi connectivity index (χ2v) is 16.0. The minimum absolute atomic E-state index is 0.0219. The molecule has 3 atom stereocenters. The number of amides is 3. The second kappa shape index (κ2) is 17.9. The highest BCUT2D eigenvalue weighted by atomic mass is 32.2. The van der Waals surface area contributed by atoms with E-state index in [1.165, 1.54) is 46.1 Å². The van der Waals surface area contributed by atoms with Gasteiger partial charge in [0.25, 0.3) is 0 Å². The second-order valence-electron chi connectivity index (χ2n) is 13.2. The van der Waals surface area contributed by atoms with Crippen molar-refractivity contribution in [1.82, 2.24) is 24.4 Å². The molecule has 13 nitrogen and oxygen atoms in total. The number of carbonyl (C=O) groups excluding carboxylic acids is 2. The van der Waals surface area contributed by atoms with Crippen molar-refractivity contribution in [3.8, 4) is 0 Å². The Morgan fingerprint density at radius 3 is 2.42 bits per heavy atom. The van der Waals surface area contributed by atoms with Crippen molar-refractivity contribution in [3.63, 3.8) is 0 Å². The number of rotatable bonds is 18. The number of aliphatic hydroxyl groups excluding tert-OH is 1. The number of nitrogens with one attached hydrogen (secondary N) is 1. The lowest BCUT2D eigenvalue weighted by Crippen LogP contribution is -2.57. The molecule has 3 N–H and O–H groups in total. The minimum atomic E-state index is -4.06. The van der Waals surface area contributed by atoms with Crippen molar-refractivity contribution < 1.29 is 33.1 Å². The van der Waals surface area contributed by atoms with E-state index in [0.717, 1.165) is 16.3 Å². The van der Waals surface area contributed by atoms with E-state index in [0.29, 0.717) is 31.8 Å². The molecule has 50 heavy (non-hydrogen) atoms. The maximum Gasteiger partial charge on any atom is 0.321 e. The number of benzene rings is 2. The van der Waals surface area contributed by atoms with Gasteiger partial charge in [-0.15, -0.1) is 11.3 Å². The van der Waals surface area contributed by atoms with Gasteiger partial charge in [-0.05, 0) is 41.5 Å². The van der Waals surface area contributed by atoms with Crippen LogP contribution in [-0.2, 0) is 39.1 Å². The van der Waals surface area contributed by atoms with Crippen LogP contribution in [0, 0.1) is 11.8 Å². The van der Waals surface area contributed by atoms with Gasteiger partial charge in [0.2, 0.25) is 15.9 Å². The van der Waals surface area contributed by atoms with Crippen molar-refractivity contribution in [1.29, 1.82) is 0 Å². The summed E-state index contributed by atoms with van der Waals surface area (Å²) in [6.45, 7) is 8.84. The summed E-state index contributed by atoms with van der Waals surface area (Å²) in [4.78, 5) is 35.5. The number of oxime groups is 1. The lowest BCUT2D eigenvalue weighted by atomic mass is 9.97. The molecule has 0 aliphatic carbocycles. The van der Waals surface area contributed by atoms with Crippen molar-refractivity contribution in [3.05, 3.63) is 81.8 Å². The third-order valence-corrected chi connectivity index (χ3v) is 11.1. The molecule has 1 unspecified atom stereocenters. The summed E-state index contributed by atoms with van der Waals surface area (Å²) in [6, 6.07) is 13.3. The Morgan fingerprint density at radius 1 is 1.10 bits per heavy atom. The molecule has 15 heteroatoms. The van der Waals surface area contributed by atoms with E-state index in [1.54, 1.807) is 16.9 Å². The third-order valence-electron chi connectivity index (χ3n) is 8.36. The number of ether oxygens (including phenoxy) is 1. The van der Waals surface area contributed by atoms with Crippen LogP contribution < -0.4 is 5.32 Å². The number of sulfonamides is 1. The molecular formula is C35H48N6O7S2. The summed E-state index contributed by atoms with van der Waals surface area (Å²) in [7, 11) is -2.46. The summed E-state index contributed by atoms with van der Waals surface area (Å²) >= 11 is 1.47. The highest BCUT2D eigenvalue weighted by Crippen LogP contribution is 2.23. The lowest BCUT2D eigenvalue weighted by molar-refractivity contribution is -0.128. The van der Waals surface area contributed by atoms with Crippen LogP contribution in [0.25, 0.3) is 0 Å². The van der Waals surface area contributed by atoms with Crippen molar-refractivity contribution >= 4 is 39.5 Å². The highest BCUT2D eigenvalue weighted by Gasteiger charge is 2.40. The average Bonchev–Trinajstić information content (AvgIpc) is 3.67. The summed E-state index contributed by atoms with van der Waals surface area (Å²) in [6.07, 6.45) is 0.134. The molecule has 2 heterocycles. The lowest BCUT2D eigenvalue weighted by Gasteiger charge is -2.34. The van der Waals surface area contributed by atoms with E-state index in [1.807, 2.05) is 63.4 Å². The van der Waals surface area contributed by atoms with Crippen LogP contribution in [0.4, 0.5) is 4.79 Å². The number of carbonyl (C=O) groups is 2. The predicted octanol–water partition coefficient (Wildman–Crippen LogP) is 3.80. The zero-order chi connectivity index (χ0) is 36.4. The molecule has 1 aliphatic heterocycles. The Labute approximate surface area is 298 Å². The summed E-state index contributed by atoms with van der Waals surface area (Å²) in [5, 5.41) is 29.3. The Kier molecular flexibility index (Phi) is 13.9. The topological polar surface area (TPSA) is 165 Å². The molecule has 3 amide bonds. The average molecular weight is 729 g/mol. The number of hydrogen-bond donors (Lipinski definition) is 3. The summed E-state index contributed by atoms with van der Waals surface area (Å²) < 4.78 is 34.1. The summed E-state index contributed by atoms with van der Waals surface area (Å²) in [5.74, 6) is -0.742. The monoisotopic (exact) mass is 728 g/mol. The Bertz CT molecular complexity index is 1680. The number of nitrogens with zero attached hydrogens (tertiary/aromatic N) is 5. The van der Waals surface area contributed by atoms with Gasteiger partial charge in [0.1, 0.15) is 11.0 Å². The van der Waals surface area contributed by atoms with Crippen molar-refractivity contribution in [2.24, 2.45) is 17.0 Å². The minimum Gasteiger partial charge on any atom is -0.411 e. The first kappa shape index (κ1) is 38.9. The molecule has 0 saturated carbocycles. The van der Waals surface area contributed by atoms with E-state index >= 15 is 0 Å². The number of aliphatic hydroxyl groups is 1. The van der Waals surface area contributed by atoms with Crippen LogP contribution >= 0.6 is 11.3 Å². The largest absolute Gasteiger partial charge is 0.411 e. The normalized spacial score (nSPS) is 15.8. The molecule has 272 valence electrons. The van der Waals surface area contributed by atoms with Gasteiger partial charge in [0.15, 0.2) is 0 Å². The van der Waals surface area contributed by atoms with Crippen LogP contribution in [-0.4, -0.2) is 107 Å². The molecule has 0 spiro atoms. The molecular weight excluding hydrogens is 681 g/mol. The Hall–Kier alpha value is -3.89. The van der Waals surface area contributed by atoms with Crippen molar-refractivity contribution in [2.75, 3.05) is 33.3 Å². The van der Waals surface area contributed by atoms with Crippen LogP contribution in [0.3, 0.4) is 0 Å². The van der Waals surface area contributed by atoms with Gasteiger partial charge >= 0.3 is 6.03 Å². The molecule has 1 aromatic heterocycles. The zero-order valence-corrected chi connectivity index (χ0v) is 30.8. The first-order valence-electron chi connectivity index (χ1n) is 16.6. The molecule has 1 aliphatic rings. The fourth-order valence-electron chi connectivity index (χ4n) is 5.99. The van der Waals surface area contributed by atoms with Gasteiger partial charge in [-0.1, -0.05) is 75.3 Å². The molecule has 3 aromatic rings. The van der Waals surface area contributed by atoms with E-state index in [-0.39, 0.29) is 42.3 Å². The van der Waals surface area contributed by atoms with Crippen LogP contribution in [0.2, 0.25) is 0 Å². The van der Waals surface area contributed by atoms with Gasteiger partial charge in [-0.25, -0.2) is 18.2 Å². The van der Waals surface area contributed by atoms with E-state index in [2.05, 4.69) is 15.5 Å². The fourth-order valence-corrected chi connectivity index (χ4v) is 8.37. The maximum atomic E-state index is 14.1. The van der Waals surface area contributed by atoms with Crippen LogP contribution in [0.15, 0.2) is 70.0 Å². The van der Waals surface area contributed by atoms with Crippen molar-refractivity contribution in [2.45, 2.75) is 70.4 Å². The van der Waals surface area contributed by atoms with Gasteiger partial charge in [-0.2, -0.15) is 4.31 Å². The van der Waals surface area contributed by atoms with E-state index in [4.69, 9.17) is 9.94 Å². The first-order chi connectivity index (χ1) is 23.8. The van der Waals surface area contributed by atoms with Crippen LogP contribution in [0.5, 0.6) is 0 Å². The van der Waals surface area contributed by atoms with E-state index in [9.17, 15) is 23.1 Å². The summed E-state index contributed by atoms with van der Waals surface area (Å²) in [5.41, 5.74) is 2.12. The van der Waals surface area contributed by atoms with Gasteiger partial charge in [0, 0.05) is 38.7 Å². The zero-order valence-electron chi connectivity index (χ0n) is 29.2. The number of thiazole rings is 1. The third kappa shape index (κ3) is 10.1. The molecule has 4 rings (SSSR count). The van der Waals surface area contributed by atoms with E-state index < -0.39 is 34.1 Å². The molecule has 2 aromatic carbocycles. The molecule has 0 bridgehead atoms. The van der Waals surface area contributed by atoms with Crippen LogP contribution in [0.1, 0.15) is 49.5 Å². The quantitative estimate of drug-likeness (QED) is 0.101.